The average Bonchev–Trinajstić information content (AvgIpc) is 2.65. The van der Waals surface area contributed by atoms with Crippen molar-refractivity contribution in [2.24, 2.45) is 5.41 Å². The number of nitrogens with zero attached hydrogens (tertiary/aromatic N) is 3. The minimum atomic E-state index is 0.502. The molecule has 0 unspecified atom stereocenters. The molecule has 3 heterocycles. The molecule has 25 heavy (non-hydrogen) atoms. The number of piperidine rings is 2. The summed E-state index contributed by atoms with van der Waals surface area (Å²) in [4.78, 5) is 9.32. The summed E-state index contributed by atoms with van der Waals surface area (Å²) in [5.41, 5.74) is 3.41. The molecule has 2 aromatic rings. The number of likely N-dealkylation sites (tertiary alicyclic amines) is 2. The molecule has 1 spiro atoms. The van der Waals surface area contributed by atoms with Crippen molar-refractivity contribution in [1.82, 2.24) is 14.8 Å². The minimum absolute atomic E-state index is 0.502. The Hall–Kier alpha value is -1.71. The Kier molecular flexibility index (Phi) is 4.87. The highest BCUT2D eigenvalue weighted by atomic mass is 15.2. The van der Waals surface area contributed by atoms with E-state index in [0.29, 0.717) is 11.3 Å². The van der Waals surface area contributed by atoms with Crippen LogP contribution < -0.4 is 0 Å². The molecular formula is C22H29N3. The molecule has 4 rings (SSSR count). The molecule has 3 heteroatoms. The fraction of sp³-hybridized carbons (Fsp3) is 0.500. The van der Waals surface area contributed by atoms with Gasteiger partial charge in [-0.3, -0.25) is 9.88 Å². The van der Waals surface area contributed by atoms with Crippen LogP contribution in [0.3, 0.4) is 0 Å². The van der Waals surface area contributed by atoms with Crippen LogP contribution in [0.25, 0.3) is 0 Å². The summed E-state index contributed by atoms with van der Waals surface area (Å²) in [5, 5.41) is 0. The van der Waals surface area contributed by atoms with Crippen molar-refractivity contribution in [2.75, 3.05) is 33.2 Å². The van der Waals surface area contributed by atoms with Gasteiger partial charge in [0.05, 0.1) is 0 Å². The highest BCUT2D eigenvalue weighted by Crippen LogP contribution is 2.44. The molecule has 0 amide bonds. The van der Waals surface area contributed by atoms with Gasteiger partial charge in [-0.1, -0.05) is 30.3 Å². The lowest BCUT2D eigenvalue weighted by Gasteiger charge is -2.49. The van der Waals surface area contributed by atoms with Crippen LogP contribution >= 0.6 is 0 Å². The van der Waals surface area contributed by atoms with Gasteiger partial charge >= 0.3 is 0 Å². The van der Waals surface area contributed by atoms with Crippen molar-refractivity contribution in [3.63, 3.8) is 0 Å². The first-order valence-electron chi connectivity index (χ1n) is 9.57. The highest BCUT2D eigenvalue weighted by Gasteiger charge is 2.41. The molecule has 1 aromatic carbocycles. The van der Waals surface area contributed by atoms with Crippen LogP contribution in [0.1, 0.15) is 36.3 Å². The van der Waals surface area contributed by atoms with Crippen LogP contribution in [-0.2, 0) is 6.54 Å². The van der Waals surface area contributed by atoms with Crippen LogP contribution in [0.2, 0.25) is 0 Å². The molecule has 0 N–H and O–H groups in total. The zero-order chi connectivity index (χ0) is 17.1. The van der Waals surface area contributed by atoms with Gasteiger partial charge in [-0.2, -0.15) is 0 Å². The Morgan fingerprint density at radius 2 is 1.76 bits per heavy atom. The molecule has 3 nitrogen and oxygen atoms in total. The lowest BCUT2D eigenvalue weighted by molar-refractivity contribution is 0.0218. The Morgan fingerprint density at radius 3 is 2.48 bits per heavy atom. The molecule has 1 atom stereocenters. The zero-order valence-electron chi connectivity index (χ0n) is 15.3. The largest absolute Gasteiger partial charge is 0.305 e. The van der Waals surface area contributed by atoms with Crippen LogP contribution in [0.4, 0.5) is 0 Å². The molecule has 0 bridgehead atoms. The second-order valence-electron chi connectivity index (χ2n) is 8.14. The van der Waals surface area contributed by atoms with Crippen molar-refractivity contribution < 1.29 is 0 Å². The third kappa shape index (κ3) is 3.94. The van der Waals surface area contributed by atoms with Crippen molar-refractivity contribution in [3.8, 4) is 0 Å². The maximum atomic E-state index is 4.13. The summed E-state index contributed by atoms with van der Waals surface area (Å²) >= 11 is 0. The third-order valence-corrected chi connectivity index (χ3v) is 6.16. The van der Waals surface area contributed by atoms with E-state index in [0.717, 1.165) is 6.54 Å². The Balaban J connectivity index is 1.41. The molecule has 132 valence electrons. The van der Waals surface area contributed by atoms with E-state index < -0.39 is 0 Å². The van der Waals surface area contributed by atoms with Crippen LogP contribution in [0.5, 0.6) is 0 Å². The topological polar surface area (TPSA) is 19.4 Å². The summed E-state index contributed by atoms with van der Waals surface area (Å²) in [6.45, 7) is 5.97. The molecule has 0 saturated carbocycles. The van der Waals surface area contributed by atoms with E-state index in [9.17, 15) is 0 Å². The minimum Gasteiger partial charge on any atom is -0.305 e. The molecule has 2 saturated heterocycles. The molecule has 2 aliphatic heterocycles. The van der Waals surface area contributed by atoms with Crippen LogP contribution in [0, 0.1) is 5.41 Å². The van der Waals surface area contributed by atoms with E-state index in [2.05, 4.69) is 64.3 Å². The molecule has 2 aliphatic rings. The summed E-state index contributed by atoms with van der Waals surface area (Å²) in [5.74, 6) is 0.687. The van der Waals surface area contributed by atoms with Crippen molar-refractivity contribution in [2.45, 2.75) is 31.7 Å². The number of aromatic nitrogens is 1. The highest BCUT2D eigenvalue weighted by molar-refractivity contribution is 5.21. The van der Waals surface area contributed by atoms with Gasteiger partial charge in [0, 0.05) is 32.0 Å². The number of hydrogen-bond acceptors (Lipinski definition) is 3. The number of benzene rings is 1. The first-order valence-corrected chi connectivity index (χ1v) is 9.57. The standard InChI is InChI=1S/C22H29N3/c1-24-17-21(20-5-3-2-4-6-20)15-22(18-24)9-13-25(14-10-22)16-19-7-11-23-12-8-19/h2-8,11-12,21H,9-10,13-18H2,1H3/t21-/m0/s1. The van der Waals surface area contributed by atoms with E-state index >= 15 is 0 Å². The van der Waals surface area contributed by atoms with Gasteiger partial charge in [0.15, 0.2) is 0 Å². The maximum absolute atomic E-state index is 4.13. The van der Waals surface area contributed by atoms with Crippen LogP contribution in [-0.4, -0.2) is 48.0 Å². The molecular weight excluding hydrogens is 306 g/mol. The predicted molar refractivity (Wildman–Crippen MR) is 102 cm³/mol. The first kappa shape index (κ1) is 16.7. The van der Waals surface area contributed by atoms with Crippen molar-refractivity contribution >= 4 is 0 Å². The molecule has 0 aliphatic carbocycles. The third-order valence-electron chi connectivity index (χ3n) is 6.16. The Labute approximate surface area is 151 Å². The summed E-state index contributed by atoms with van der Waals surface area (Å²) in [6, 6.07) is 15.4. The fourth-order valence-corrected chi connectivity index (χ4v) is 4.91. The van der Waals surface area contributed by atoms with Gasteiger partial charge in [-0.05, 0) is 74.0 Å². The number of pyridine rings is 1. The zero-order valence-corrected chi connectivity index (χ0v) is 15.3. The maximum Gasteiger partial charge on any atom is 0.0271 e. The van der Waals surface area contributed by atoms with E-state index in [1.54, 1.807) is 0 Å². The number of rotatable bonds is 3. The number of likely N-dealkylation sites (N-methyl/N-ethyl adjacent to an activating group) is 1. The van der Waals surface area contributed by atoms with Gasteiger partial charge in [-0.25, -0.2) is 0 Å². The van der Waals surface area contributed by atoms with Gasteiger partial charge in [0.25, 0.3) is 0 Å². The van der Waals surface area contributed by atoms with E-state index in [-0.39, 0.29) is 0 Å². The second-order valence-corrected chi connectivity index (χ2v) is 8.14. The second kappa shape index (κ2) is 7.27. The Bertz CT molecular complexity index is 662. The SMILES string of the molecule is CN1C[C@@H](c2ccccc2)CC2(CCN(Cc3ccncc3)CC2)C1. The smallest absolute Gasteiger partial charge is 0.0271 e. The van der Waals surface area contributed by atoms with E-state index in [4.69, 9.17) is 0 Å². The Morgan fingerprint density at radius 1 is 1.04 bits per heavy atom. The fourth-order valence-electron chi connectivity index (χ4n) is 4.91. The molecule has 2 fully saturated rings. The van der Waals surface area contributed by atoms with E-state index in [1.807, 2.05) is 12.4 Å². The summed E-state index contributed by atoms with van der Waals surface area (Å²) in [7, 11) is 2.31. The van der Waals surface area contributed by atoms with Gasteiger partial charge in [-0.15, -0.1) is 0 Å². The van der Waals surface area contributed by atoms with Crippen molar-refractivity contribution in [3.05, 3.63) is 66.0 Å². The average molecular weight is 335 g/mol. The normalized spacial score (nSPS) is 24.4. The van der Waals surface area contributed by atoms with Crippen LogP contribution in [0.15, 0.2) is 54.9 Å². The predicted octanol–water partition coefficient (Wildman–Crippen LogP) is 3.78. The lowest BCUT2D eigenvalue weighted by Crippen LogP contribution is -2.50. The van der Waals surface area contributed by atoms with Gasteiger partial charge < -0.3 is 4.90 Å². The monoisotopic (exact) mass is 335 g/mol. The lowest BCUT2D eigenvalue weighted by atomic mass is 9.68. The quantitative estimate of drug-likeness (QED) is 0.851. The van der Waals surface area contributed by atoms with E-state index in [1.165, 1.54) is 56.6 Å². The molecule has 1 aromatic heterocycles. The van der Waals surface area contributed by atoms with Gasteiger partial charge in [0.1, 0.15) is 0 Å². The summed E-state index contributed by atoms with van der Waals surface area (Å²) < 4.78 is 0. The van der Waals surface area contributed by atoms with Crippen molar-refractivity contribution in [1.29, 1.82) is 0 Å². The number of hydrogen-bond donors (Lipinski definition) is 0. The molecule has 0 radical (unpaired) electrons. The first-order chi connectivity index (χ1) is 12.2. The summed E-state index contributed by atoms with van der Waals surface area (Å²) in [6.07, 6.45) is 7.81. The van der Waals surface area contributed by atoms with Gasteiger partial charge in [0.2, 0.25) is 0 Å².